The number of hydrogen-bond acceptors (Lipinski definition) is 4. The molecule has 2 aromatic heterocycles. The summed E-state index contributed by atoms with van der Waals surface area (Å²) in [5.41, 5.74) is 0.453. The van der Waals surface area contributed by atoms with Gasteiger partial charge in [-0.15, -0.1) is 0 Å². The molecular weight excluding hydrogens is 220 g/mol. The molecule has 0 aliphatic carbocycles. The van der Waals surface area contributed by atoms with Gasteiger partial charge in [-0.05, 0) is 6.07 Å². The monoisotopic (exact) mass is 232 g/mol. The molecule has 0 fully saturated rings. The zero-order chi connectivity index (χ0) is 12.1. The number of carbonyl (C=O) groups excluding carboxylic acids is 1. The van der Waals surface area contributed by atoms with Crippen LogP contribution in [0.3, 0.4) is 0 Å². The number of imidazole rings is 1. The highest BCUT2D eigenvalue weighted by Crippen LogP contribution is 2.15. The summed E-state index contributed by atoms with van der Waals surface area (Å²) in [5.74, 6) is 0.927. The molecule has 2 aromatic rings. The van der Waals surface area contributed by atoms with Crippen molar-refractivity contribution >= 4 is 5.91 Å². The van der Waals surface area contributed by atoms with E-state index in [1.165, 1.54) is 13.3 Å². The molecule has 0 aliphatic rings. The van der Waals surface area contributed by atoms with Crippen molar-refractivity contribution in [3.8, 4) is 5.75 Å². The highest BCUT2D eigenvalue weighted by Gasteiger charge is 2.11. The molecule has 88 valence electrons. The number of pyridine rings is 1. The third-order valence-corrected chi connectivity index (χ3v) is 2.22. The molecule has 0 aromatic carbocycles. The standard InChI is InChI=1S/C11H12N4O2/c1-17-9-6-12-3-2-8(9)11(16)15-7-10-13-4-5-14-10/h2-6H,7H2,1H3,(H,13,14)(H,15,16). The lowest BCUT2D eigenvalue weighted by Gasteiger charge is -2.07. The van der Waals surface area contributed by atoms with Crippen LogP contribution in [0.5, 0.6) is 5.75 Å². The Morgan fingerprint density at radius 3 is 3.12 bits per heavy atom. The third-order valence-electron chi connectivity index (χ3n) is 2.22. The molecular formula is C11H12N4O2. The molecule has 6 nitrogen and oxygen atoms in total. The minimum absolute atomic E-state index is 0.222. The summed E-state index contributed by atoms with van der Waals surface area (Å²) in [4.78, 5) is 22.7. The fourth-order valence-electron chi connectivity index (χ4n) is 1.38. The van der Waals surface area contributed by atoms with E-state index in [4.69, 9.17) is 4.74 Å². The van der Waals surface area contributed by atoms with Crippen LogP contribution < -0.4 is 10.1 Å². The van der Waals surface area contributed by atoms with E-state index in [1.807, 2.05) is 0 Å². The SMILES string of the molecule is COc1cnccc1C(=O)NCc1ncc[nH]1. The first kappa shape index (κ1) is 11.1. The molecule has 0 aliphatic heterocycles. The van der Waals surface area contributed by atoms with Crippen LogP contribution in [0.25, 0.3) is 0 Å². The van der Waals surface area contributed by atoms with Gasteiger partial charge in [-0.1, -0.05) is 0 Å². The topological polar surface area (TPSA) is 79.9 Å². The van der Waals surface area contributed by atoms with Gasteiger partial charge < -0.3 is 15.0 Å². The van der Waals surface area contributed by atoms with Crippen molar-refractivity contribution < 1.29 is 9.53 Å². The lowest BCUT2D eigenvalue weighted by atomic mass is 10.2. The van der Waals surface area contributed by atoms with Crippen molar-refractivity contribution in [2.45, 2.75) is 6.54 Å². The normalized spacial score (nSPS) is 9.94. The van der Waals surface area contributed by atoms with Crippen LogP contribution in [0.2, 0.25) is 0 Å². The number of methoxy groups -OCH3 is 1. The number of nitrogens with one attached hydrogen (secondary N) is 2. The Hall–Kier alpha value is -2.37. The second kappa shape index (κ2) is 5.11. The zero-order valence-corrected chi connectivity index (χ0v) is 9.30. The van der Waals surface area contributed by atoms with Crippen molar-refractivity contribution in [1.82, 2.24) is 20.3 Å². The molecule has 0 bridgehead atoms. The smallest absolute Gasteiger partial charge is 0.255 e. The van der Waals surface area contributed by atoms with E-state index in [0.717, 1.165) is 0 Å². The van der Waals surface area contributed by atoms with Gasteiger partial charge in [0.2, 0.25) is 0 Å². The summed E-state index contributed by atoms with van der Waals surface area (Å²) in [7, 11) is 1.50. The Balaban J connectivity index is 2.04. The summed E-state index contributed by atoms with van der Waals surface area (Å²) < 4.78 is 5.06. The number of rotatable bonds is 4. The highest BCUT2D eigenvalue weighted by atomic mass is 16.5. The van der Waals surface area contributed by atoms with Crippen LogP contribution in [0, 0.1) is 0 Å². The average Bonchev–Trinajstić information content (AvgIpc) is 2.89. The van der Waals surface area contributed by atoms with Gasteiger partial charge in [-0.25, -0.2) is 4.98 Å². The van der Waals surface area contributed by atoms with E-state index < -0.39 is 0 Å². The lowest BCUT2D eigenvalue weighted by Crippen LogP contribution is -2.24. The summed E-state index contributed by atoms with van der Waals surface area (Å²) >= 11 is 0. The van der Waals surface area contributed by atoms with Crippen molar-refractivity contribution in [2.75, 3.05) is 7.11 Å². The van der Waals surface area contributed by atoms with Gasteiger partial charge >= 0.3 is 0 Å². The van der Waals surface area contributed by atoms with Crippen molar-refractivity contribution in [1.29, 1.82) is 0 Å². The molecule has 2 N–H and O–H groups in total. The minimum atomic E-state index is -0.222. The first-order chi connectivity index (χ1) is 8.31. The number of aromatic amines is 1. The van der Waals surface area contributed by atoms with Gasteiger partial charge in [-0.3, -0.25) is 9.78 Å². The number of hydrogen-bond donors (Lipinski definition) is 2. The summed E-state index contributed by atoms with van der Waals surface area (Å²) in [5, 5.41) is 2.74. The average molecular weight is 232 g/mol. The zero-order valence-electron chi connectivity index (χ0n) is 9.30. The van der Waals surface area contributed by atoms with E-state index >= 15 is 0 Å². The highest BCUT2D eigenvalue weighted by molar-refractivity contribution is 5.96. The Kier molecular flexibility index (Phi) is 3.34. The Morgan fingerprint density at radius 1 is 1.53 bits per heavy atom. The molecule has 17 heavy (non-hydrogen) atoms. The molecule has 2 rings (SSSR count). The number of ether oxygens (including phenoxy) is 1. The third kappa shape index (κ3) is 2.60. The quantitative estimate of drug-likeness (QED) is 0.815. The van der Waals surface area contributed by atoms with Gasteiger partial charge in [0, 0.05) is 18.6 Å². The van der Waals surface area contributed by atoms with Crippen LogP contribution in [0.4, 0.5) is 0 Å². The van der Waals surface area contributed by atoms with Crippen LogP contribution in [0.1, 0.15) is 16.2 Å². The van der Waals surface area contributed by atoms with E-state index in [2.05, 4.69) is 20.3 Å². The number of aromatic nitrogens is 3. The summed E-state index contributed by atoms with van der Waals surface area (Å²) in [6, 6.07) is 1.61. The molecule has 0 atom stereocenters. The van der Waals surface area contributed by atoms with E-state index in [0.29, 0.717) is 23.7 Å². The molecule has 0 spiro atoms. The Labute approximate surface area is 98.1 Å². The number of amides is 1. The fourth-order valence-corrected chi connectivity index (χ4v) is 1.38. The summed E-state index contributed by atoms with van der Waals surface area (Å²) in [6.07, 6.45) is 6.38. The van der Waals surface area contributed by atoms with Gasteiger partial charge in [0.1, 0.15) is 11.6 Å². The van der Waals surface area contributed by atoms with Crippen molar-refractivity contribution in [2.24, 2.45) is 0 Å². The second-order valence-corrected chi connectivity index (χ2v) is 3.29. The largest absolute Gasteiger partial charge is 0.494 e. The first-order valence-corrected chi connectivity index (χ1v) is 5.05. The maximum absolute atomic E-state index is 11.9. The van der Waals surface area contributed by atoms with Crippen LogP contribution in [-0.4, -0.2) is 28.0 Å². The van der Waals surface area contributed by atoms with E-state index in [-0.39, 0.29) is 5.91 Å². The van der Waals surface area contributed by atoms with Gasteiger partial charge in [-0.2, -0.15) is 0 Å². The number of carbonyl (C=O) groups is 1. The molecule has 0 unspecified atom stereocenters. The number of H-pyrrole nitrogens is 1. The maximum atomic E-state index is 11.9. The molecule has 6 heteroatoms. The predicted octanol–water partition coefficient (Wildman–Crippen LogP) is 0.743. The lowest BCUT2D eigenvalue weighted by molar-refractivity contribution is 0.0947. The van der Waals surface area contributed by atoms with E-state index in [9.17, 15) is 4.79 Å². The molecule has 0 saturated heterocycles. The fraction of sp³-hybridized carbons (Fsp3) is 0.182. The first-order valence-electron chi connectivity index (χ1n) is 5.05. The Bertz CT molecular complexity index is 496. The van der Waals surface area contributed by atoms with Gasteiger partial charge in [0.25, 0.3) is 5.91 Å². The second-order valence-electron chi connectivity index (χ2n) is 3.29. The predicted molar refractivity (Wildman–Crippen MR) is 60.5 cm³/mol. The van der Waals surface area contributed by atoms with E-state index in [1.54, 1.807) is 24.7 Å². The Morgan fingerprint density at radius 2 is 2.41 bits per heavy atom. The van der Waals surface area contributed by atoms with Crippen LogP contribution in [0.15, 0.2) is 30.9 Å². The van der Waals surface area contributed by atoms with Crippen LogP contribution >= 0.6 is 0 Å². The molecule has 0 saturated carbocycles. The number of nitrogens with zero attached hydrogens (tertiary/aromatic N) is 2. The molecule has 0 radical (unpaired) electrons. The van der Waals surface area contributed by atoms with Crippen molar-refractivity contribution in [3.63, 3.8) is 0 Å². The maximum Gasteiger partial charge on any atom is 0.255 e. The van der Waals surface area contributed by atoms with Crippen molar-refractivity contribution in [3.05, 3.63) is 42.2 Å². The van der Waals surface area contributed by atoms with Gasteiger partial charge in [0.15, 0.2) is 0 Å². The van der Waals surface area contributed by atoms with Crippen LogP contribution in [-0.2, 0) is 6.54 Å². The molecule has 2 heterocycles. The van der Waals surface area contributed by atoms with Gasteiger partial charge in [0.05, 0.1) is 25.4 Å². The minimum Gasteiger partial charge on any atom is -0.494 e. The molecule has 1 amide bonds. The summed E-state index contributed by atoms with van der Waals surface area (Å²) in [6.45, 7) is 0.345.